The van der Waals surface area contributed by atoms with Gasteiger partial charge in [0, 0.05) is 24.2 Å². The molecule has 0 spiro atoms. The molecule has 25 heavy (non-hydrogen) atoms. The lowest BCUT2D eigenvalue weighted by Gasteiger charge is -2.05. The number of nitro benzene ring substituents is 1. The van der Waals surface area contributed by atoms with Crippen LogP contribution in [0.2, 0.25) is 0 Å². The summed E-state index contributed by atoms with van der Waals surface area (Å²) in [6.07, 6.45) is 1.43. The van der Waals surface area contributed by atoms with Crippen molar-refractivity contribution in [1.29, 1.82) is 0 Å². The van der Waals surface area contributed by atoms with Crippen molar-refractivity contribution in [3.8, 4) is 11.4 Å². The SMILES string of the molecule is O=C(Cn1cnc(-c2cccc([N+](=O)[O-])c2)n1)NCc1ccccc1. The number of hydrogen-bond acceptors (Lipinski definition) is 5. The molecule has 3 rings (SSSR count). The Bertz CT molecular complexity index is 892. The Hall–Kier alpha value is -3.55. The molecule has 8 nitrogen and oxygen atoms in total. The van der Waals surface area contributed by atoms with Gasteiger partial charge in [0.25, 0.3) is 5.69 Å². The summed E-state index contributed by atoms with van der Waals surface area (Å²) >= 11 is 0. The maximum absolute atomic E-state index is 12.0. The summed E-state index contributed by atoms with van der Waals surface area (Å²) in [5.74, 6) is 0.138. The average molecular weight is 337 g/mol. The van der Waals surface area contributed by atoms with E-state index in [-0.39, 0.29) is 18.1 Å². The van der Waals surface area contributed by atoms with Crippen LogP contribution in [0.25, 0.3) is 11.4 Å². The zero-order valence-corrected chi connectivity index (χ0v) is 13.2. The fourth-order valence-corrected chi connectivity index (χ4v) is 2.26. The van der Waals surface area contributed by atoms with Crippen LogP contribution in [-0.4, -0.2) is 25.6 Å². The first-order valence-corrected chi connectivity index (χ1v) is 7.57. The monoisotopic (exact) mass is 337 g/mol. The quantitative estimate of drug-likeness (QED) is 0.548. The predicted octanol–water partition coefficient (Wildman–Crippen LogP) is 2.17. The van der Waals surface area contributed by atoms with Gasteiger partial charge >= 0.3 is 0 Å². The van der Waals surface area contributed by atoms with E-state index in [9.17, 15) is 14.9 Å². The molecule has 1 N–H and O–H groups in total. The van der Waals surface area contributed by atoms with E-state index in [1.165, 1.54) is 23.1 Å². The molecule has 2 aromatic carbocycles. The van der Waals surface area contributed by atoms with Gasteiger partial charge in [0.2, 0.25) is 5.91 Å². The molecule has 0 saturated heterocycles. The van der Waals surface area contributed by atoms with E-state index < -0.39 is 4.92 Å². The van der Waals surface area contributed by atoms with Crippen LogP contribution in [0.15, 0.2) is 60.9 Å². The van der Waals surface area contributed by atoms with Crippen molar-refractivity contribution in [2.45, 2.75) is 13.1 Å². The Balaban J connectivity index is 1.62. The number of hydrogen-bond donors (Lipinski definition) is 1. The predicted molar refractivity (Wildman–Crippen MR) is 90.4 cm³/mol. The van der Waals surface area contributed by atoms with E-state index in [1.54, 1.807) is 12.1 Å². The van der Waals surface area contributed by atoms with E-state index >= 15 is 0 Å². The van der Waals surface area contributed by atoms with Crippen molar-refractivity contribution in [2.75, 3.05) is 0 Å². The molecular weight excluding hydrogens is 322 g/mol. The van der Waals surface area contributed by atoms with Gasteiger partial charge in [-0.2, -0.15) is 5.10 Å². The summed E-state index contributed by atoms with van der Waals surface area (Å²) in [5.41, 5.74) is 1.50. The molecule has 0 aliphatic rings. The van der Waals surface area contributed by atoms with Crippen molar-refractivity contribution in [1.82, 2.24) is 20.1 Å². The minimum Gasteiger partial charge on any atom is -0.350 e. The van der Waals surface area contributed by atoms with E-state index in [0.717, 1.165) is 5.56 Å². The minimum atomic E-state index is -0.475. The number of non-ortho nitro benzene ring substituents is 1. The third-order valence-corrected chi connectivity index (χ3v) is 3.49. The van der Waals surface area contributed by atoms with Gasteiger partial charge < -0.3 is 5.32 Å². The normalized spacial score (nSPS) is 10.4. The van der Waals surface area contributed by atoms with Gasteiger partial charge in [-0.05, 0) is 5.56 Å². The minimum absolute atomic E-state index is 0.0226. The third kappa shape index (κ3) is 4.25. The fourth-order valence-electron chi connectivity index (χ4n) is 2.26. The van der Waals surface area contributed by atoms with Crippen LogP contribution in [0.3, 0.4) is 0 Å². The number of carbonyl (C=O) groups is 1. The standard InChI is InChI=1S/C17H15N5O3/c23-16(18-10-13-5-2-1-3-6-13)11-21-12-19-17(20-21)14-7-4-8-15(9-14)22(24)25/h1-9,12H,10-11H2,(H,18,23). The fraction of sp³-hybridized carbons (Fsp3) is 0.118. The van der Waals surface area contributed by atoms with Crippen LogP contribution in [0.4, 0.5) is 5.69 Å². The van der Waals surface area contributed by atoms with Crippen LogP contribution >= 0.6 is 0 Å². The summed E-state index contributed by atoms with van der Waals surface area (Å²) < 4.78 is 1.40. The zero-order chi connectivity index (χ0) is 17.6. The highest BCUT2D eigenvalue weighted by molar-refractivity contribution is 5.75. The molecular formula is C17H15N5O3. The van der Waals surface area contributed by atoms with Crippen molar-refractivity contribution in [3.63, 3.8) is 0 Å². The first-order valence-electron chi connectivity index (χ1n) is 7.57. The van der Waals surface area contributed by atoms with E-state index in [1.807, 2.05) is 30.3 Å². The van der Waals surface area contributed by atoms with Crippen molar-refractivity contribution in [2.24, 2.45) is 0 Å². The van der Waals surface area contributed by atoms with Crippen molar-refractivity contribution >= 4 is 11.6 Å². The van der Waals surface area contributed by atoms with Crippen LogP contribution in [-0.2, 0) is 17.9 Å². The molecule has 3 aromatic rings. The number of carbonyl (C=O) groups excluding carboxylic acids is 1. The van der Waals surface area contributed by atoms with E-state index in [4.69, 9.17) is 0 Å². The largest absolute Gasteiger partial charge is 0.350 e. The van der Waals surface area contributed by atoms with Crippen LogP contribution in [0.5, 0.6) is 0 Å². The van der Waals surface area contributed by atoms with Crippen LogP contribution < -0.4 is 5.32 Å². The number of nitrogens with one attached hydrogen (secondary N) is 1. The Morgan fingerprint density at radius 1 is 1.16 bits per heavy atom. The number of nitro groups is 1. The lowest BCUT2D eigenvalue weighted by molar-refractivity contribution is -0.384. The summed E-state index contributed by atoms with van der Waals surface area (Å²) in [4.78, 5) is 26.4. The second-order valence-electron chi connectivity index (χ2n) is 5.34. The number of nitrogens with zero attached hydrogens (tertiary/aromatic N) is 4. The number of rotatable bonds is 6. The Labute approximate surface area is 143 Å². The molecule has 0 atom stereocenters. The van der Waals surface area contributed by atoms with Gasteiger partial charge in [0.05, 0.1) is 4.92 Å². The van der Waals surface area contributed by atoms with Crippen molar-refractivity contribution in [3.05, 3.63) is 76.6 Å². The first-order chi connectivity index (χ1) is 12.1. The van der Waals surface area contributed by atoms with Crippen LogP contribution in [0.1, 0.15) is 5.56 Å². The molecule has 0 bridgehead atoms. The Morgan fingerprint density at radius 3 is 2.72 bits per heavy atom. The number of benzene rings is 2. The molecule has 0 aliphatic carbocycles. The molecule has 0 aliphatic heterocycles. The summed E-state index contributed by atoms with van der Waals surface area (Å²) in [6.45, 7) is 0.459. The number of amides is 1. The second-order valence-corrected chi connectivity index (χ2v) is 5.34. The van der Waals surface area contributed by atoms with Gasteiger partial charge in [-0.25, -0.2) is 9.67 Å². The summed E-state index contributed by atoms with van der Waals surface area (Å²) in [7, 11) is 0. The van der Waals surface area contributed by atoms with E-state index in [0.29, 0.717) is 17.9 Å². The van der Waals surface area contributed by atoms with Gasteiger partial charge in [-0.3, -0.25) is 14.9 Å². The first kappa shape index (κ1) is 16.3. The lowest BCUT2D eigenvalue weighted by atomic mass is 10.2. The maximum Gasteiger partial charge on any atom is 0.270 e. The molecule has 8 heteroatoms. The molecule has 0 radical (unpaired) electrons. The van der Waals surface area contributed by atoms with Gasteiger partial charge in [-0.1, -0.05) is 42.5 Å². The molecule has 1 amide bonds. The highest BCUT2D eigenvalue weighted by Crippen LogP contribution is 2.20. The summed E-state index contributed by atoms with van der Waals surface area (Å²) in [6, 6.07) is 15.6. The van der Waals surface area contributed by atoms with Crippen LogP contribution in [0, 0.1) is 10.1 Å². The zero-order valence-electron chi connectivity index (χ0n) is 13.2. The van der Waals surface area contributed by atoms with Gasteiger partial charge in [0.15, 0.2) is 5.82 Å². The second kappa shape index (κ2) is 7.35. The highest BCUT2D eigenvalue weighted by Gasteiger charge is 2.11. The lowest BCUT2D eigenvalue weighted by Crippen LogP contribution is -2.27. The summed E-state index contributed by atoms with van der Waals surface area (Å²) in [5, 5.41) is 17.8. The number of aromatic nitrogens is 3. The van der Waals surface area contributed by atoms with Crippen molar-refractivity contribution < 1.29 is 9.72 Å². The maximum atomic E-state index is 12.0. The van der Waals surface area contributed by atoms with E-state index in [2.05, 4.69) is 15.4 Å². The Kier molecular flexibility index (Phi) is 4.79. The molecule has 1 heterocycles. The molecule has 0 saturated carbocycles. The topological polar surface area (TPSA) is 103 Å². The molecule has 0 unspecified atom stereocenters. The molecule has 1 aromatic heterocycles. The molecule has 126 valence electrons. The van der Waals surface area contributed by atoms with Gasteiger partial charge in [-0.15, -0.1) is 0 Å². The highest BCUT2D eigenvalue weighted by atomic mass is 16.6. The average Bonchev–Trinajstić information content (AvgIpc) is 3.09. The smallest absolute Gasteiger partial charge is 0.270 e. The van der Waals surface area contributed by atoms with Gasteiger partial charge in [0.1, 0.15) is 12.9 Å². The molecule has 0 fully saturated rings. The Morgan fingerprint density at radius 2 is 1.96 bits per heavy atom. The third-order valence-electron chi connectivity index (χ3n) is 3.49.